The summed E-state index contributed by atoms with van der Waals surface area (Å²) < 4.78 is 27.9. The van der Waals surface area contributed by atoms with Gasteiger partial charge in [-0.3, -0.25) is 14.8 Å². The molecule has 0 bridgehead atoms. The summed E-state index contributed by atoms with van der Waals surface area (Å²) in [6.45, 7) is 1.58. The maximum absolute atomic E-state index is 12.5. The standard InChI is InChI=1S/C16H14BrN3O4S/c1-16(14(21)18-15(22)19-16)10-6-8-11(9-7-10)20-25(23,24)13-5-3-2-4-12(13)17/h2-9,20H,1H3,(H2,18,19,21,22)/t16-/m0/s1. The molecule has 3 N–H and O–H groups in total. The molecule has 3 rings (SSSR count). The summed E-state index contributed by atoms with van der Waals surface area (Å²) in [5, 5.41) is 4.73. The summed E-state index contributed by atoms with van der Waals surface area (Å²) in [5.74, 6) is -0.459. The van der Waals surface area contributed by atoms with Gasteiger partial charge in [-0.15, -0.1) is 0 Å². The molecule has 2 aromatic rings. The fourth-order valence-electron chi connectivity index (χ4n) is 2.49. The summed E-state index contributed by atoms with van der Waals surface area (Å²) in [5.41, 5.74) is -0.302. The van der Waals surface area contributed by atoms with Gasteiger partial charge in [-0.25, -0.2) is 13.2 Å². The maximum atomic E-state index is 12.5. The third-order valence-electron chi connectivity index (χ3n) is 3.89. The third kappa shape index (κ3) is 3.24. The van der Waals surface area contributed by atoms with Crippen molar-refractivity contribution in [2.24, 2.45) is 0 Å². The second-order valence-electron chi connectivity index (χ2n) is 5.65. The molecule has 0 aromatic heterocycles. The van der Waals surface area contributed by atoms with E-state index in [9.17, 15) is 18.0 Å². The van der Waals surface area contributed by atoms with E-state index in [0.717, 1.165) is 0 Å². The monoisotopic (exact) mass is 423 g/mol. The van der Waals surface area contributed by atoms with E-state index < -0.39 is 27.5 Å². The van der Waals surface area contributed by atoms with Crippen molar-refractivity contribution in [1.29, 1.82) is 0 Å². The van der Waals surface area contributed by atoms with Gasteiger partial charge in [0.05, 0.1) is 0 Å². The number of carbonyl (C=O) groups excluding carboxylic acids is 2. The smallest absolute Gasteiger partial charge is 0.320 e. The zero-order valence-electron chi connectivity index (χ0n) is 13.0. The van der Waals surface area contributed by atoms with Gasteiger partial charge in [-0.2, -0.15) is 0 Å². The molecule has 0 unspecified atom stereocenters. The van der Waals surface area contributed by atoms with Crippen LogP contribution in [0.25, 0.3) is 0 Å². The predicted molar refractivity (Wildman–Crippen MR) is 95.4 cm³/mol. The van der Waals surface area contributed by atoms with Gasteiger partial charge < -0.3 is 5.32 Å². The summed E-state index contributed by atoms with van der Waals surface area (Å²) in [6.07, 6.45) is 0. The highest BCUT2D eigenvalue weighted by molar-refractivity contribution is 9.10. The highest BCUT2D eigenvalue weighted by Crippen LogP contribution is 2.27. The molecule has 7 nitrogen and oxygen atoms in total. The second-order valence-corrected chi connectivity index (χ2v) is 8.15. The number of carbonyl (C=O) groups is 2. The van der Waals surface area contributed by atoms with E-state index >= 15 is 0 Å². The van der Waals surface area contributed by atoms with Crippen LogP contribution in [-0.4, -0.2) is 20.4 Å². The first-order chi connectivity index (χ1) is 11.7. The van der Waals surface area contributed by atoms with Crippen molar-refractivity contribution in [3.05, 3.63) is 58.6 Å². The molecule has 1 fully saturated rings. The number of imide groups is 1. The van der Waals surface area contributed by atoms with Crippen LogP contribution in [0.15, 0.2) is 57.9 Å². The fraction of sp³-hybridized carbons (Fsp3) is 0.125. The highest BCUT2D eigenvalue weighted by Gasteiger charge is 2.43. The number of amides is 3. The number of hydrogen-bond acceptors (Lipinski definition) is 4. The van der Waals surface area contributed by atoms with Crippen molar-refractivity contribution in [2.75, 3.05) is 4.72 Å². The molecule has 0 spiro atoms. The lowest BCUT2D eigenvalue weighted by Gasteiger charge is -2.21. The molecule has 3 amide bonds. The van der Waals surface area contributed by atoms with Crippen LogP contribution in [0, 0.1) is 0 Å². The molecule has 9 heteroatoms. The molecule has 1 atom stereocenters. The number of sulfonamides is 1. The lowest BCUT2D eigenvalue weighted by atomic mass is 9.92. The van der Waals surface area contributed by atoms with Gasteiger partial charge in [-0.1, -0.05) is 24.3 Å². The Balaban J connectivity index is 1.85. The lowest BCUT2D eigenvalue weighted by Crippen LogP contribution is -2.40. The SMILES string of the molecule is C[C@@]1(c2ccc(NS(=O)(=O)c3ccccc3Br)cc2)NC(=O)NC1=O. The summed E-state index contributed by atoms with van der Waals surface area (Å²) in [4.78, 5) is 23.4. The number of rotatable bonds is 4. The molecule has 1 saturated heterocycles. The van der Waals surface area contributed by atoms with Crippen LogP contribution in [0.4, 0.5) is 10.5 Å². The Hall–Kier alpha value is -2.39. The van der Waals surface area contributed by atoms with E-state index in [4.69, 9.17) is 0 Å². The van der Waals surface area contributed by atoms with Crippen LogP contribution in [0.5, 0.6) is 0 Å². The molecule has 1 aliphatic rings. The molecule has 2 aromatic carbocycles. The zero-order valence-corrected chi connectivity index (χ0v) is 15.4. The lowest BCUT2D eigenvalue weighted by molar-refractivity contribution is -0.123. The summed E-state index contributed by atoms with van der Waals surface area (Å²) in [6, 6.07) is 12.2. The number of nitrogens with one attached hydrogen (secondary N) is 3. The molecule has 0 aliphatic carbocycles. The van der Waals surface area contributed by atoms with Gasteiger partial charge in [0, 0.05) is 10.2 Å². The Morgan fingerprint density at radius 3 is 2.24 bits per heavy atom. The number of hydrogen-bond donors (Lipinski definition) is 3. The third-order valence-corrected chi connectivity index (χ3v) is 6.28. The van der Waals surface area contributed by atoms with Crippen molar-refractivity contribution in [1.82, 2.24) is 10.6 Å². The fourth-order valence-corrected chi connectivity index (χ4v) is 4.55. The average Bonchev–Trinajstić information content (AvgIpc) is 2.81. The first-order valence-corrected chi connectivity index (χ1v) is 9.51. The molecular formula is C16H14BrN3O4S. The van der Waals surface area contributed by atoms with Crippen molar-refractivity contribution in [2.45, 2.75) is 17.4 Å². The first-order valence-electron chi connectivity index (χ1n) is 7.24. The Kier molecular flexibility index (Phi) is 4.29. The van der Waals surface area contributed by atoms with Crippen LogP contribution >= 0.6 is 15.9 Å². The van der Waals surface area contributed by atoms with Gasteiger partial charge in [-0.05, 0) is 52.7 Å². The van der Waals surface area contributed by atoms with Gasteiger partial charge in [0.1, 0.15) is 10.4 Å². The number of halogens is 1. The zero-order chi connectivity index (χ0) is 18.2. The van der Waals surface area contributed by atoms with Crippen LogP contribution in [-0.2, 0) is 20.4 Å². The Labute approximate surface area is 153 Å². The van der Waals surface area contributed by atoms with Crippen LogP contribution in [0.1, 0.15) is 12.5 Å². The first kappa shape index (κ1) is 17.4. The molecule has 25 heavy (non-hydrogen) atoms. The van der Waals surface area contributed by atoms with Crippen LogP contribution in [0.2, 0.25) is 0 Å². The minimum atomic E-state index is -3.76. The molecule has 0 radical (unpaired) electrons. The Morgan fingerprint density at radius 1 is 1.04 bits per heavy atom. The minimum Gasteiger partial charge on any atom is -0.320 e. The van der Waals surface area contributed by atoms with E-state index in [-0.39, 0.29) is 4.90 Å². The quantitative estimate of drug-likeness (QED) is 0.656. The summed E-state index contributed by atoms with van der Waals surface area (Å²) >= 11 is 3.22. The number of anilines is 1. The normalized spacial score (nSPS) is 20.1. The van der Waals surface area contributed by atoms with Crippen molar-refractivity contribution in [3.8, 4) is 0 Å². The van der Waals surface area contributed by atoms with Crippen LogP contribution in [0.3, 0.4) is 0 Å². The molecule has 0 saturated carbocycles. The van der Waals surface area contributed by atoms with Crippen LogP contribution < -0.4 is 15.4 Å². The van der Waals surface area contributed by atoms with Gasteiger partial charge in [0.15, 0.2) is 0 Å². The van der Waals surface area contributed by atoms with Crippen molar-refractivity contribution < 1.29 is 18.0 Å². The predicted octanol–water partition coefficient (Wildman–Crippen LogP) is 2.30. The molecule has 1 aliphatic heterocycles. The topological polar surface area (TPSA) is 104 Å². The summed E-state index contributed by atoms with van der Waals surface area (Å²) in [7, 11) is -3.76. The molecule has 1 heterocycles. The van der Waals surface area contributed by atoms with Crippen molar-refractivity contribution in [3.63, 3.8) is 0 Å². The molecular weight excluding hydrogens is 410 g/mol. The number of benzene rings is 2. The van der Waals surface area contributed by atoms with E-state index in [1.165, 1.54) is 18.2 Å². The van der Waals surface area contributed by atoms with E-state index in [0.29, 0.717) is 15.7 Å². The second kappa shape index (κ2) is 6.16. The van der Waals surface area contributed by atoms with E-state index in [1.807, 2.05) is 0 Å². The Morgan fingerprint density at radius 2 is 1.68 bits per heavy atom. The minimum absolute atomic E-state index is 0.119. The van der Waals surface area contributed by atoms with Gasteiger partial charge in [0.25, 0.3) is 15.9 Å². The van der Waals surface area contributed by atoms with E-state index in [1.54, 1.807) is 37.3 Å². The maximum Gasteiger partial charge on any atom is 0.322 e. The molecule has 130 valence electrons. The van der Waals surface area contributed by atoms with Crippen molar-refractivity contribution >= 4 is 43.6 Å². The van der Waals surface area contributed by atoms with Gasteiger partial charge >= 0.3 is 6.03 Å². The van der Waals surface area contributed by atoms with Gasteiger partial charge in [0.2, 0.25) is 0 Å². The van der Waals surface area contributed by atoms with E-state index in [2.05, 4.69) is 31.3 Å². The highest BCUT2D eigenvalue weighted by atomic mass is 79.9. The number of urea groups is 1. The average molecular weight is 424 g/mol. The largest absolute Gasteiger partial charge is 0.322 e. The Bertz CT molecular complexity index is 960.